The molecule has 0 bridgehead atoms. The third kappa shape index (κ3) is 2.74. The van der Waals surface area contributed by atoms with Gasteiger partial charge in [0.05, 0.1) is 11.2 Å². The molecule has 2 aromatic rings. The molecule has 0 saturated heterocycles. The van der Waals surface area contributed by atoms with E-state index in [1.54, 1.807) is 0 Å². The van der Waals surface area contributed by atoms with Crippen LogP contribution < -0.4 is 5.73 Å². The smallest absolute Gasteiger partial charge is 0.148 e. The van der Waals surface area contributed by atoms with Gasteiger partial charge in [-0.2, -0.15) is 0 Å². The molecule has 94 valence electrons. The number of aromatic nitrogens is 2. The SMILES string of the molecule is Cc1ccc(-c2cc(C)nc(C(C)(C)N)n2)cc1. The molecule has 0 spiro atoms. The van der Waals surface area contributed by atoms with Gasteiger partial charge in [-0.05, 0) is 33.8 Å². The standard InChI is InChI=1S/C15H19N3/c1-10-5-7-12(8-6-10)13-9-11(2)17-14(18-13)15(3,4)16/h5-9H,16H2,1-4H3. The molecule has 0 atom stereocenters. The number of aryl methyl sites for hydroxylation is 2. The number of hydrogen-bond acceptors (Lipinski definition) is 3. The first-order valence-electron chi connectivity index (χ1n) is 6.08. The van der Waals surface area contributed by atoms with E-state index in [9.17, 15) is 0 Å². The molecular weight excluding hydrogens is 222 g/mol. The largest absolute Gasteiger partial charge is 0.319 e. The fraction of sp³-hybridized carbons (Fsp3) is 0.333. The van der Waals surface area contributed by atoms with Crippen molar-refractivity contribution in [2.24, 2.45) is 5.73 Å². The van der Waals surface area contributed by atoms with Gasteiger partial charge in [0.15, 0.2) is 0 Å². The molecule has 0 aliphatic carbocycles. The van der Waals surface area contributed by atoms with E-state index in [1.165, 1.54) is 5.56 Å². The van der Waals surface area contributed by atoms with Gasteiger partial charge in [-0.25, -0.2) is 9.97 Å². The lowest BCUT2D eigenvalue weighted by Gasteiger charge is -2.18. The van der Waals surface area contributed by atoms with Gasteiger partial charge in [0, 0.05) is 11.3 Å². The predicted molar refractivity (Wildman–Crippen MR) is 74.2 cm³/mol. The van der Waals surface area contributed by atoms with E-state index in [4.69, 9.17) is 5.73 Å². The van der Waals surface area contributed by atoms with Gasteiger partial charge in [-0.1, -0.05) is 29.8 Å². The molecule has 18 heavy (non-hydrogen) atoms. The monoisotopic (exact) mass is 241 g/mol. The fourth-order valence-corrected chi connectivity index (χ4v) is 1.73. The second-order valence-corrected chi connectivity index (χ2v) is 5.31. The van der Waals surface area contributed by atoms with Gasteiger partial charge in [-0.15, -0.1) is 0 Å². The van der Waals surface area contributed by atoms with E-state index in [2.05, 4.69) is 41.2 Å². The fourth-order valence-electron chi connectivity index (χ4n) is 1.73. The summed E-state index contributed by atoms with van der Waals surface area (Å²) in [7, 11) is 0. The van der Waals surface area contributed by atoms with E-state index in [0.717, 1.165) is 17.0 Å². The molecule has 0 amide bonds. The van der Waals surface area contributed by atoms with Crippen LogP contribution >= 0.6 is 0 Å². The van der Waals surface area contributed by atoms with E-state index in [1.807, 2.05) is 26.8 Å². The highest BCUT2D eigenvalue weighted by Crippen LogP contribution is 2.21. The maximum Gasteiger partial charge on any atom is 0.148 e. The number of hydrogen-bond donors (Lipinski definition) is 1. The van der Waals surface area contributed by atoms with Gasteiger partial charge in [-0.3, -0.25) is 0 Å². The Balaban J connectivity index is 2.52. The van der Waals surface area contributed by atoms with Crippen molar-refractivity contribution in [1.82, 2.24) is 9.97 Å². The molecule has 2 rings (SSSR count). The van der Waals surface area contributed by atoms with Crippen molar-refractivity contribution in [1.29, 1.82) is 0 Å². The zero-order chi connectivity index (χ0) is 13.3. The normalized spacial score (nSPS) is 11.6. The second-order valence-electron chi connectivity index (χ2n) is 5.31. The highest BCUT2D eigenvalue weighted by Gasteiger charge is 2.19. The summed E-state index contributed by atoms with van der Waals surface area (Å²) in [5, 5.41) is 0. The van der Waals surface area contributed by atoms with Crippen molar-refractivity contribution in [3.63, 3.8) is 0 Å². The van der Waals surface area contributed by atoms with Crippen LogP contribution in [0.25, 0.3) is 11.3 Å². The summed E-state index contributed by atoms with van der Waals surface area (Å²) in [6.45, 7) is 7.87. The Morgan fingerprint density at radius 2 is 1.61 bits per heavy atom. The zero-order valence-electron chi connectivity index (χ0n) is 11.4. The Hall–Kier alpha value is -1.74. The van der Waals surface area contributed by atoms with Crippen LogP contribution in [0, 0.1) is 13.8 Å². The summed E-state index contributed by atoms with van der Waals surface area (Å²) in [6, 6.07) is 10.3. The molecule has 0 aliphatic heterocycles. The lowest BCUT2D eigenvalue weighted by Crippen LogP contribution is -2.31. The molecule has 0 unspecified atom stereocenters. The number of benzene rings is 1. The third-order valence-corrected chi connectivity index (χ3v) is 2.78. The van der Waals surface area contributed by atoms with Crippen molar-refractivity contribution in [3.8, 4) is 11.3 Å². The van der Waals surface area contributed by atoms with Crippen molar-refractivity contribution >= 4 is 0 Å². The average molecular weight is 241 g/mol. The van der Waals surface area contributed by atoms with Crippen LogP contribution in [0.5, 0.6) is 0 Å². The predicted octanol–water partition coefficient (Wildman–Crippen LogP) is 2.95. The molecule has 1 aromatic heterocycles. The van der Waals surface area contributed by atoms with Crippen LogP contribution in [0.15, 0.2) is 30.3 Å². The number of rotatable bonds is 2. The number of nitrogens with zero attached hydrogens (tertiary/aromatic N) is 2. The Morgan fingerprint density at radius 1 is 1.00 bits per heavy atom. The molecule has 1 aromatic carbocycles. The Kier molecular flexibility index (Phi) is 3.18. The van der Waals surface area contributed by atoms with Crippen LogP contribution in [0.2, 0.25) is 0 Å². The first kappa shape index (κ1) is 12.7. The Morgan fingerprint density at radius 3 is 2.17 bits per heavy atom. The summed E-state index contributed by atoms with van der Waals surface area (Å²) < 4.78 is 0. The van der Waals surface area contributed by atoms with Crippen molar-refractivity contribution in [3.05, 3.63) is 47.4 Å². The summed E-state index contributed by atoms with van der Waals surface area (Å²) in [5.41, 5.74) is 9.75. The Labute approximate surface area is 108 Å². The second kappa shape index (κ2) is 4.50. The lowest BCUT2D eigenvalue weighted by molar-refractivity contribution is 0.512. The molecule has 1 heterocycles. The molecular formula is C15H19N3. The highest BCUT2D eigenvalue weighted by atomic mass is 15.0. The molecule has 0 aliphatic rings. The molecule has 0 fully saturated rings. The highest BCUT2D eigenvalue weighted by molar-refractivity contribution is 5.59. The van der Waals surface area contributed by atoms with Gasteiger partial charge < -0.3 is 5.73 Å². The van der Waals surface area contributed by atoms with Crippen LogP contribution in [0.1, 0.15) is 30.9 Å². The third-order valence-electron chi connectivity index (χ3n) is 2.78. The summed E-state index contributed by atoms with van der Waals surface area (Å²) in [5.74, 6) is 0.679. The van der Waals surface area contributed by atoms with Crippen LogP contribution in [0.4, 0.5) is 0 Å². The zero-order valence-corrected chi connectivity index (χ0v) is 11.4. The van der Waals surface area contributed by atoms with Crippen LogP contribution in [-0.2, 0) is 5.54 Å². The van der Waals surface area contributed by atoms with Gasteiger partial charge in [0.25, 0.3) is 0 Å². The molecule has 2 N–H and O–H groups in total. The van der Waals surface area contributed by atoms with E-state index >= 15 is 0 Å². The molecule has 0 saturated carbocycles. The van der Waals surface area contributed by atoms with Gasteiger partial charge in [0.2, 0.25) is 0 Å². The maximum atomic E-state index is 6.07. The van der Waals surface area contributed by atoms with Crippen molar-refractivity contribution in [2.75, 3.05) is 0 Å². The molecule has 0 radical (unpaired) electrons. The van der Waals surface area contributed by atoms with Gasteiger partial charge >= 0.3 is 0 Å². The lowest BCUT2D eigenvalue weighted by atomic mass is 10.0. The maximum absolute atomic E-state index is 6.07. The summed E-state index contributed by atoms with van der Waals surface area (Å²) >= 11 is 0. The summed E-state index contributed by atoms with van der Waals surface area (Å²) in [4.78, 5) is 8.98. The first-order valence-corrected chi connectivity index (χ1v) is 6.08. The minimum Gasteiger partial charge on any atom is -0.319 e. The minimum absolute atomic E-state index is 0.522. The average Bonchev–Trinajstić information content (AvgIpc) is 2.28. The minimum atomic E-state index is -0.522. The van der Waals surface area contributed by atoms with E-state index < -0.39 is 5.54 Å². The van der Waals surface area contributed by atoms with Crippen molar-refractivity contribution < 1.29 is 0 Å². The van der Waals surface area contributed by atoms with Crippen LogP contribution in [-0.4, -0.2) is 9.97 Å². The quantitative estimate of drug-likeness (QED) is 0.879. The van der Waals surface area contributed by atoms with Gasteiger partial charge in [0.1, 0.15) is 5.82 Å². The topological polar surface area (TPSA) is 51.8 Å². The van der Waals surface area contributed by atoms with Crippen molar-refractivity contribution in [2.45, 2.75) is 33.2 Å². The van der Waals surface area contributed by atoms with E-state index in [-0.39, 0.29) is 0 Å². The molecule has 3 nitrogen and oxygen atoms in total. The summed E-state index contributed by atoms with van der Waals surface area (Å²) in [6.07, 6.45) is 0. The number of nitrogens with two attached hydrogens (primary N) is 1. The molecule has 3 heteroatoms. The Bertz CT molecular complexity index is 551. The van der Waals surface area contributed by atoms with E-state index in [0.29, 0.717) is 5.82 Å². The first-order chi connectivity index (χ1) is 8.36. The van der Waals surface area contributed by atoms with Crippen LogP contribution in [0.3, 0.4) is 0 Å².